The second-order valence-electron chi connectivity index (χ2n) is 8.65. The number of carbonyl (C=O) groups is 2. The average Bonchev–Trinajstić information content (AvgIpc) is 3.60. The summed E-state index contributed by atoms with van der Waals surface area (Å²) in [5, 5.41) is 12.6. The topological polar surface area (TPSA) is 106 Å². The molecular weight excluding hydrogens is 542 g/mol. The number of nitro groups is 1. The molecule has 9 nitrogen and oxygen atoms in total. The van der Waals surface area contributed by atoms with Crippen molar-refractivity contribution in [3.05, 3.63) is 111 Å². The molecule has 0 saturated carbocycles. The van der Waals surface area contributed by atoms with Gasteiger partial charge in [-0.1, -0.05) is 46.3 Å². The highest BCUT2D eigenvalue weighted by Crippen LogP contribution is 2.48. The van der Waals surface area contributed by atoms with E-state index in [0.29, 0.717) is 17.2 Å². The lowest BCUT2D eigenvalue weighted by Crippen LogP contribution is -2.37. The van der Waals surface area contributed by atoms with Crippen LogP contribution in [-0.4, -0.2) is 22.8 Å². The van der Waals surface area contributed by atoms with Gasteiger partial charge in [-0.2, -0.15) is 0 Å². The van der Waals surface area contributed by atoms with Crippen LogP contribution in [0, 0.1) is 16.0 Å². The zero-order valence-electron chi connectivity index (χ0n) is 19.1. The molecule has 2 fully saturated rings. The van der Waals surface area contributed by atoms with E-state index in [-0.39, 0.29) is 11.4 Å². The highest BCUT2D eigenvalue weighted by Gasteiger charge is 2.61. The third kappa shape index (κ3) is 3.90. The standard InChI is InChI=1S/C27H18BrN3O6/c28-17-8-6-16(7-9-17)21-14-15-22(36-21)24-23-25(37-30(24)19-4-2-1-3-5-19)27(33)29(26(23)32)18-10-12-20(13-11-18)31(34)35/h1-15,23-25H/t23-,24+,25+/m0/s1. The highest BCUT2D eigenvalue weighted by molar-refractivity contribution is 9.10. The largest absolute Gasteiger partial charge is 0.459 e. The van der Waals surface area contributed by atoms with E-state index in [2.05, 4.69) is 15.9 Å². The molecule has 6 rings (SSSR count). The number of rotatable bonds is 5. The predicted molar refractivity (Wildman–Crippen MR) is 137 cm³/mol. The molecule has 0 spiro atoms. The first-order valence-electron chi connectivity index (χ1n) is 11.4. The van der Waals surface area contributed by atoms with Gasteiger partial charge in [-0.3, -0.25) is 24.5 Å². The Morgan fingerprint density at radius 1 is 0.811 bits per heavy atom. The number of anilines is 2. The molecule has 3 heterocycles. The molecule has 0 N–H and O–H groups in total. The van der Waals surface area contributed by atoms with E-state index < -0.39 is 34.8 Å². The maximum absolute atomic E-state index is 13.7. The maximum Gasteiger partial charge on any atom is 0.269 e. The summed E-state index contributed by atoms with van der Waals surface area (Å²) < 4.78 is 7.16. The third-order valence-electron chi connectivity index (χ3n) is 6.49. The SMILES string of the molecule is O=C1[C@H]2[C@@H](c3ccc(-c4ccc(Br)cc4)o3)N(c3ccccc3)O[C@H]2C(=O)N1c1ccc([N+](=O)[O-])cc1. The van der Waals surface area contributed by atoms with Crippen molar-refractivity contribution < 1.29 is 23.8 Å². The number of benzene rings is 3. The lowest BCUT2D eigenvalue weighted by atomic mass is 9.94. The Morgan fingerprint density at radius 3 is 2.19 bits per heavy atom. The molecule has 184 valence electrons. The van der Waals surface area contributed by atoms with E-state index >= 15 is 0 Å². The van der Waals surface area contributed by atoms with Gasteiger partial charge in [0.25, 0.3) is 11.6 Å². The number of nitrogens with zero attached hydrogens (tertiary/aromatic N) is 3. The minimum absolute atomic E-state index is 0.136. The first kappa shape index (κ1) is 23.1. The smallest absolute Gasteiger partial charge is 0.269 e. The summed E-state index contributed by atoms with van der Waals surface area (Å²) in [5.74, 6) is -0.795. The number of halogens is 1. The van der Waals surface area contributed by atoms with E-state index in [0.717, 1.165) is 14.9 Å². The molecule has 0 radical (unpaired) electrons. The van der Waals surface area contributed by atoms with E-state index in [1.54, 1.807) is 11.1 Å². The molecule has 2 aliphatic rings. The molecule has 2 saturated heterocycles. The molecule has 2 aliphatic heterocycles. The van der Waals surface area contributed by atoms with Gasteiger partial charge in [0.15, 0.2) is 6.10 Å². The van der Waals surface area contributed by atoms with Crippen LogP contribution in [0.5, 0.6) is 0 Å². The number of amides is 2. The van der Waals surface area contributed by atoms with Gasteiger partial charge in [0.1, 0.15) is 23.5 Å². The Morgan fingerprint density at radius 2 is 1.51 bits per heavy atom. The molecule has 37 heavy (non-hydrogen) atoms. The number of fused-ring (bicyclic) bond motifs is 1. The van der Waals surface area contributed by atoms with Crippen molar-refractivity contribution in [2.45, 2.75) is 12.1 Å². The Kier molecular flexibility index (Phi) is 5.62. The van der Waals surface area contributed by atoms with E-state index in [1.165, 1.54) is 24.3 Å². The fraction of sp³-hybridized carbons (Fsp3) is 0.111. The molecule has 0 bridgehead atoms. The second kappa shape index (κ2) is 8.99. The second-order valence-corrected chi connectivity index (χ2v) is 9.57. The molecule has 2 amide bonds. The number of furan rings is 1. The molecular formula is C27H18BrN3O6. The molecule has 10 heteroatoms. The summed E-state index contributed by atoms with van der Waals surface area (Å²) in [7, 11) is 0. The van der Waals surface area contributed by atoms with Gasteiger partial charge in [0, 0.05) is 22.2 Å². The minimum Gasteiger partial charge on any atom is -0.459 e. The van der Waals surface area contributed by atoms with Crippen LogP contribution in [0.15, 0.2) is 99.9 Å². The average molecular weight is 560 g/mol. The van der Waals surface area contributed by atoms with Gasteiger partial charge in [-0.15, -0.1) is 0 Å². The van der Waals surface area contributed by atoms with Crippen LogP contribution >= 0.6 is 15.9 Å². The van der Waals surface area contributed by atoms with Crippen LogP contribution in [0.1, 0.15) is 11.8 Å². The van der Waals surface area contributed by atoms with Crippen molar-refractivity contribution in [1.82, 2.24) is 0 Å². The van der Waals surface area contributed by atoms with Crippen LogP contribution in [0.4, 0.5) is 17.1 Å². The quantitative estimate of drug-likeness (QED) is 0.176. The van der Waals surface area contributed by atoms with Crippen molar-refractivity contribution in [3.63, 3.8) is 0 Å². The van der Waals surface area contributed by atoms with E-state index in [1.807, 2.05) is 60.7 Å². The Hall–Kier alpha value is -4.28. The normalized spacial score (nSPS) is 20.9. The van der Waals surface area contributed by atoms with Crippen molar-refractivity contribution in [2.24, 2.45) is 5.92 Å². The number of imide groups is 1. The maximum atomic E-state index is 13.7. The van der Waals surface area contributed by atoms with Crippen LogP contribution < -0.4 is 9.96 Å². The highest BCUT2D eigenvalue weighted by atomic mass is 79.9. The van der Waals surface area contributed by atoms with E-state index in [4.69, 9.17) is 9.25 Å². The first-order valence-corrected chi connectivity index (χ1v) is 12.2. The zero-order chi connectivity index (χ0) is 25.7. The Bertz CT molecular complexity index is 1500. The van der Waals surface area contributed by atoms with E-state index in [9.17, 15) is 19.7 Å². The summed E-state index contributed by atoms with van der Waals surface area (Å²) in [6, 6.07) is 25.0. The predicted octanol–water partition coefficient (Wildman–Crippen LogP) is 5.67. The van der Waals surface area contributed by atoms with Crippen molar-refractivity contribution in [2.75, 3.05) is 9.96 Å². The van der Waals surface area contributed by atoms with Gasteiger partial charge in [0.2, 0.25) is 5.91 Å². The molecule has 3 aromatic carbocycles. The number of nitro benzene ring substituents is 1. The number of hydroxylamine groups is 1. The first-order chi connectivity index (χ1) is 17.9. The van der Waals surface area contributed by atoms with Gasteiger partial charge in [0.05, 0.1) is 16.3 Å². The zero-order valence-corrected chi connectivity index (χ0v) is 20.6. The summed E-state index contributed by atoms with van der Waals surface area (Å²) >= 11 is 3.43. The number of non-ortho nitro benzene ring substituents is 1. The fourth-order valence-corrected chi connectivity index (χ4v) is 5.03. The number of hydrogen-bond acceptors (Lipinski definition) is 7. The van der Waals surface area contributed by atoms with Crippen LogP contribution in [0.2, 0.25) is 0 Å². The number of carbonyl (C=O) groups excluding carboxylic acids is 2. The van der Waals surface area contributed by atoms with Crippen LogP contribution in [-0.2, 0) is 14.4 Å². The molecule has 3 atom stereocenters. The van der Waals surface area contributed by atoms with Crippen molar-refractivity contribution in [1.29, 1.82) is 0 Å². The summed E-state index contributed by atoms with van der Waals surface area (Å²) in [4.78, 5) is 44.8. The number of hydrogen-bond donors (Lipinski definition) is 0. The van der Waals surface area contributed by atoms with Gasteiger partial charge < -0.3 is 4.42 Å². The molecule has 1 aromatic heterocycles. The lowest BCUT2D eigenvalue weighted by molar-refractivity contribution is -0.384. The summed E-state index contributed by atoms with van der Waals surface area (Å²) in [5.41, 5.74) is 1.64. The lowest BCUT2D eigenvalue weighted by Gasteiger charge is -2.27. The fourth-order valence-electron chi connectivity index (χ4n) is 4.76. The van der Waals surface area contributed by atoms with Gasteiger partial charge in [-0.05, 0) is 48.5 Å². The minimum atomic E-state index is -1.07. The van der Waals surface area contributed by atoms with Gasteiger partial charge in [-0.25, -0.2) is 9.96 Å². The molecule has 0 aliphatic carbocycles. The van der Waals surface area contributed by atoms with Gasteiger partial charge >= 0.3 is 0 Å². The molecule has 4 aromatic rings. The molecule has 0 unspecified atom stereocenters. The third-order valence-corrected chi connectivity index (χ3v) is 7.02. The Balaban J connectivity index is 1.39. The summed E-state index contributed by atoms with van der Waals surface area (Å²) in [6.45, 7) is 0. The summed E-state index contributed by atoms with van der Waals surface area (Å²) in [6.07, 6.45) is -1.07. The van der Waals surface area contributed by atoms with Crippen LogP contribution in [0.3, 0.4) is 0 Å². The van der Waals surface area contributed by atoms with Crippen molar-refractivity contribution in [3.8, 4) is 11.3 Å². The Labute approximate surface area is 219 Å². The van der Waals surface area contributed by atoms with Crippen molar-refractivity contribution >= 4 is 44.8 Å². The number of para-hydroxylation sites is 1. The monoisotopic (exact) mass is 559 g/mol. The van der Waals surface area contributed by atoms with Crippen LogP contribution in [0.25, 0.3) is 11.3 Å².